The van der Waals surface area contributed by atoms with Crippen LogP contribution in [0.2, 0.25) is 0 Å². The third-order valence-corrected chi connectivity index (χ3v) is 4.54. The van der Waals surface area contributed by atoms with Gasteiger partial charge in [0, 0.05) is 29.6 Å². The lowest BCUT2D eigenvalue weighted by Gasteiger charge is -2.19. The van der Waals surface area contributed by atoms with Gasteiger partial charge in [0.15, 0.2) is 0 Å². The van der Waals surface area contributed by atoms with Gasteiger partial charge in [-0.05, 0) is 36.4 Å². The number of rotatable bonds is 2. The van der Waals surface area contributed by atoms with Crippen molar-refractivity contribution in [1.29, 1.82) is 0 Å². The van der Waals surface area contributed by atoms with Gasteiger partial charge in [0.05, 0.1) is 5.52 Å². The molecular formula is C18H15BrN2O3. The van der Waals surface area contributed by atoms with Crippen LogP contribution >= 0.6 is 15.9 Å². The number of para-hydroxylation sites is 1. The van der Waals surface area contributed by atoms with Crippen molar-refractivity contribution in [2.45, 2.75) is 0 Å². The Balaban J connectivity index is 2.17. The summed E-state index contributed by atoms with van der Waals surface area (Å²) in [7, 11) is 3.15. The summed E-state index contributed by atoms with van der Waals surface area (Å²) in [5.74, 6) is -0.844. The van der Waals surface area contributed by atoms with Crippen LogP contribution in [0.4, 0.5) is 5.69 Å². The van der Waals surface area contributed by atoms with E-state index in [-0.39, 0.29) is 11.3 Å². The Bertz CT molecular complexity index is 994. The average Bonchev–Trinajstić information content (AvgIpc) is 2.60. The summed E-state index contributed by atoms with van der Waals surface area (Å²) in [5.41, 5.74) is 0.433. The lowest BCUT2D eigenvalue weighted by molar-refractivity contribution is 0.0988. The molecule has 6 heteroatoms. The van der Waals surface area contributed by atoms with E-state index in [0.717, 1.165) is 4.47 Å². The summed E-state index contributed by atoms with van der Waals surface area (Å²) in [6.07, 6.45) is 0. The fraction of sp³-hybridized carbons (Fsp3) is 0.111. The zero-order valence-corrected chi connectivity index (χ0v) is 14.7. The van der Waals surface area contributed by atoms with Crippen molar-refractivity contribution in [3.63, 3.8) is 0 Å². The molecule has 0 spiro atoms. The second-order valence-electron chi connectivity index (χ2n) is 5.45. The van der Waals surface area contributed by atoms with Crippen molar-refractivity contribution in [1.82, 2.24) is 4.57 Å². The summed E-state index contributed by atoms with van der Waals surface area (Å²) < 4.78 is 2.26. The Morgan fingerprint density at radius 1 is 1.12 bits per heavy atom. The smallest absolute Gasteiger partial charge is 0.267 e. The number of hydrogen-bond acceptors (Lipinski definition) is 3. The first kappa shape index (κ1) is 16.3. The van der Waals surface area contributed by atoms with E-state index < -0.39 is 11.5 Å². The van der Waals surface area contributed by atoms with Gasteiger partial charge in [0.1, 0.15) is 11.3 Å². The quantitative estimate of drug-likeness (QED) is 0.734. The maximum Gasteiger partial charge on any atom is 0.267 e. The Kier molecular flexibility index (Phi) is 4.15. The number of anilines is 1. The molecule has 0 aliphatic heterocycles. The van der Waals surface area contributed by atoms with Crippen LogP contribution in [-0.2, 0) is 7.05 Å². The lowest BCUT2D eigenvalue weighted by Crippen LogP contribution is -2.34. The van der Waals surface area contributed by atoms with Crippen LogP contribution in [0.25, 0.3) is 10.9 Å². The molecule has 0 unspecified atom stereocenters. The number of halogens is 1. The molecule has 1 aromatic heterocycles. The number of nitrogens with zero attached hydrogens (tertiary/aromatic N) is 2. The molecule has 122 valence electrons. The van der Waals surface area contributed by atoms with Crippen LogP contribution in [0.1, 0.15) is 10.4 Å². The van der Waals surface area contributed by atoms with Gasteiger partial charge >= 0.3 is 0 Å². The number of carbonyl (C=O) groups is 1. The average molecular weight is 387 g/mol. The van der Waals surface area contributed by atoms with E-state index in [1.165, 1.54) is 9.47 Å². The highest BCUT2D eigenvalue weighted by atomic mass is 79.9. The number of aromatic nitrogens is 1. The monoisotopic (exact) mass is 386 g/mol. The number of carbonyl (C=O) groups excluding carboxylic acids is 1. The Hall–Kier alpha value is -2.60. The highest BCUT2D eigenvalue weighted by molar-refractivity contribution is 9.10. The SMILES string of the molecule is CN(C(=O)c1c(O)c2ccccc2n(C)c1=O)c1ccc(Br)cc1. The Morgan fingerprint density at radius 3 is 2.42 bits per heavy atom. The molecule has 24 heavy (non-hydrogen) atoms. The summed E-state index contributed by atoms with van der Waals surface area (Å²) in [6, 6.07) is 14.0. The van der Waals surface area contributed by atoms with Crippen LogP contribution in [0.15, 0.2) is 57.8 Å². The van der Waals surface area contributed by atoms with E-state index >= 15 is 0 Å². The predicted octanol–water partition coefficient (Wildman–Crippen LogP) is 3.28. The zero-order valence-electron chi connectivity index (χ0n) is 13.2. The number of fused-ring (bicyclic) bond motifs is 1. The molecule has 2 aromatic carbocycles. The van der Waals surface area contributed by atoms with Gasteiger partial charge in [-0.1, -0.05) is 28.1 Å². The minimum atomic E-state index is -0.554. The van der Waals surface area contributed by atoms with E-state index in [1.54, 1.807) is 62.6 Å². The van der Waals surface area contributed by atoms with Crippen LogP contribution in [0, 0.1) is 0 Å². The zero-order chi connectivity index (χ0) is 17.4. The highest BCUT2D eigenvalue weighted by Crippen LogP contribution is 2.27. The van der Waals surface area contributed by atoms with Gasteiger partial charge in [-0.15, -0.1) is 0 Å². The van der Waals surface area contributed by atoms with Crippen molar-refractivity contribution in [3.05, 3.63) is 68.9 Å². The second kappa shape index (κ2) is 6.13. The van der Waals surface area contributed by atoms with Crippen molar-refractivity contribution in [2.75, 3.05) is 11.9 Å². The van der Waals surface area contributed by atoms with Gasteiger partial charge in [-0.25, -0.2) is 0 Å². The summed E-state index contributed by atoms with van der Waals surface area (Å²) in [4.78, 5) is 26.7. The number of hydrogen-bond donors (Lipinski definition) is 1. The molecule has 0 radical (unpaired) electrons. The first-order valence-corrected chi connectivity index (χ1v) is 8.05. The van der Waals surface area contributed by atoms with Crippen molar-refractivity contribution < 1.29 is 9.90 Å². The number of aryl methyl sites for hydroxylation is 1. The van der Waals surface area contributed by atoms with Gasteiger partial charge in [0.25, 0.3) is 11.5 Å². The lowest BCUT2D eigenvalue weighted by atomic mass is 10.1. The molecule has 1 N–H and O–H groups in total. The summed E-state index contributed by atoms with van der Waals surface area (Å²) in [5, 5.41) is 11.0. The first-order valence-electron chi connectivity index (χ1n) is 7.26. The van der Waals surface area contributed by atoms with Gasteiger partial charge in [0.2, 0.25) is 0 Å². The number of amides is 1. The molecule has 0 aliphatic rings. The molecule has 0 saturated carbocycles. The summed E-state index contributed by atoms with van der Waals surface area (Å²) >= 11 is 3.34. The Morgan fingerprint density at radius 2 is 1.75 bits per heavy atom. The van der Waals surface area contributed by atoms with E-state index in [0.29, 0.717) is 16.6 Å². The first-order chi connectivity index (χ1) is 11.4. The van der Waals surface area contributed by atoms with E-state index in [4.69, 9.17) is 0 Å². The fourth-order valence-electron chi connectivity index (χ4n) is 2.62. The molecule has 0 aliphatic carbocycles. The second-order valence-corrected chi connectivity index (χ2v) is 6.36. The normalized spacial score (nSPS) is 10.8. The highest BCUT2D eigenvalue weighted by Gasteiger charge is 2.24. The predicted molar refractivity (Wildman–Crippen MR) is 97.7 cm³/mol. The number of pyridine rings is 1. The fourth-order valence-corrected chi connectivity index (χ4v) is 2.89. The maximum absolute atomic E-state index is 12.8. The molecule has 0 saturated heterocycles. The molecule has 5 nitrogen and oxygen atoms in total. The number of aromatic hydroxyl groups is 1. The van der Waals surface area contributed by atoms with Crippen LogP contribution in [0.5, 0.6) is 5.75 Å². The molecule has 3 rings (SSSR count). The van der Waals surface area contributed by atoms with Crippen LogP contribution < -0.4 is 10.5 Å². The molecule has 0 bridgehead atoms. The van der Waals surface area contributed by atoms with E-state index in [2.05, 4.69) is 15.9 Å². The van der Waals surface area contributed by atoms with E-state index in [1.807, 2.05) is 0 Å². The molecule has 3 aromatic rings. The molecule has 1 heterocycles. The van der Waals surface area contributed by atoms with Gasteiger partial charge in [-0.2, -0.15) is 0 Å². The molecule has 0 fully saturated rings. The van der Waals surface area contributed by atoms with Crippen molar-refractivity contribution >= 4 is 38.4 Å². The van der Waals surface area contributed by atoms with Crippen LogP contribution in [-0.4, -0.2) is 22.6 Å². The summed E-state index contributed by atoms with van der Waals surface area (Å²) in [6.45, 7) is 0. The Labute approximate surface area is 146 Å². The topological polar surface area (TPSA) is 62.5 Å². The maximum atomic E-state index is 12.8. The standard InChI is InChI=1S/C18H15BrN2O3/c1-20(12-9-7-11(19)8-10-12)17(23)15-16(22)13-5-3-4-6-14(13)21(2)18(15)24/h3-10,22H,1-2H3. The van der Waals surface area contributed by atoms with Crippen molar-refractivity contribution in [3.8, 4) is 5.75 Å². The minimum absolute atomic E-state index is 0.235. The number of benzene rings is 2. The molecular weight excluding hydrogens is 372 g/mol. The van der Waals surface area contributed by atoms with Crippen molar-refractivity contribution in [2.24, 2.45) is 7.05 Å². The molecule has 0 atom stereocenters. The van der Waals surface area contributed by atoms with E-state index in [9.17, 15) is 14.7 Å². The minimum Gasteiger partial charge on any atom is -0.506 e. The van der Waals surface area contributed by atoms with Crippen LogP contribution in [0.3, 0.4) is 0 Å². The molecule has 1 amide bonds. The largest absolute Gasteiger partial charge is 0.506 e. The third kappa shape index (κ3) is 2.59. The van der Waals surface area contributed by atoms with Gasteiger partial charge in [-0.3, -0.25) is 9.59 Å². The third-order valence-electron chi connectivity index (χ3n) is 4.01. The van der Waals surface area contributed by atoms with Gasteiger partial charge < -0.3 is 14.6 Å².